The van der Waals surface area contributed by atoms with Crippen molar-refractivity contribution in [3.63, 3.8) is 0 Å². The molecule has 2 heterocycles. The lowest BCUT2D eigenvalue weighted by molar-refractivity contribution is 0.762. The van der Waals surface area contributed by atoms with Crippen LogP contribution in [0, 0.1) is 6.92 Å². The number of aromatic nitrogens is 5. The molecule has 0 saturated carbocycles. The van der Waals surface area contributed by atoms with Crippen LogP contribution in [0.5, 0.6) is 0 Å². The van der Waals surface area contributed by atoms with Crippen LogP contribution in [0.2, 0.25) is 0 Å². The molecule has 0 aromatic carbocycles. The van der Waals surface area contributed by atoms with Crippen LogP contribution >= 0.6 is 0 Å². The standard InChI is InChI=1S/C9H12N6/c1-7-8(3-10-2)4-12-9(14-7)15-6-11-5-13-15/h4-6,10H,3H2,1-2H3. The summed E-state index contributed by atoms with van der Waals surface area (Å²) in [5, 5.41) is 7.03. The maximum atomic E-state index is 4.34. The Morgan fingerprint density at radius 1 is 1.47 bits per heavy atom. The number of rotatable bonds is 3. The van der Waals surface area contributed by atoms with E-state index in [9.17, 15) is 0 Å². The molecule has 0 amide bonds. The van der Waals surface area contributed by atoms with E-state index in [0.717, 1.165) is 17.8 Å². The fourth-order valence-electron chi connectivity index (χ4n) is 1.27. The van der Waals surface area contributed by atoms with E-state index in [4.69, 9.17) is 0 Å². The summed E-state index contributed by atoms with van der Waals surface area (Å²) in [6.07, 6.45) is 4.84. The molecule has 6 nitrogen and oxygen atoms in total. The highest BCUT2D eigenvalue weighted by Gasteiger charge is 2.04. The minimum absolute atomic E-state index is 0.546. The van der Waals surface area contributed by atoms with Crippen LogP contribution in [0.4, 0.5) is 0 Å². The quantitative estimate of drug-likeness (QED) is 0.767. The van der Waals surface area contributed by atoms with Crippen LogP contribution < -0.4 is 5.32 Å². The largest absolute Gasteiger partial charge is 0.316 e. The summed E-state index contributed by atoms with van der Waals surface area (Å²) >= 11 is 0. The van der Waals surface area contributed by atoms with Crippen LogP contribution in [0.1, 0.15) is 11.3 Å². The molecular formula is C9H12N6. The van der Waals surface area contributed by atoms with Gasteiger partial charge in [-0.25, -0.2) is 15.0 Å². The van der Waals surface area contributed by atoms with Crippen molar-refractivity contribution in [2.45, 2.75) is 13.5 Å². The van der Waals surface area contributed by atoms with Gasteiger partial charge in [-0.3, -0.25) is 0 Å². The van der Waals surface area contributed by atoms with Gasteiger partial charge in [0.25, 0.3) is 5.95 Å². The number of hydrogen-bond acceptors (Lipinski definition) is 5. The Labute approximate surface area is 87.4 Å². The summed E-state index contributed by atoms with van der Waals surface area (Å²) in [6, 6.07) is 0. The van der Waals surface area contributed by atoms with Gasteiger partial charge in [-0.05, 0) is 14.0 Å². The van der Waals surface area contributed by atoms with Crippen LogP contribution in [0.25, 0.3) is 5.95 Å². The third-order valence-corrected chi connectivity index (χ3v) is 2.06. The Morgan fingerprint density at radius 2 is 2.33 bits per heavy atom. The highest BCUT2D eigenvalue weighted by molar-refractivity contribution is 5.20. The minimum atomic E-state index is 0.546. The van der Waals surface area contributed by atoms with Crippen molar-refractivity contribution >= 4 is 0 Å². The fraction of sp³-hybridized carbons (Fsp3) is 0.333. The van der Waals surface area contributed by atoms with Gasteiger partial charge in [-0.2, -0.15) is 9.78 Å². The second-order valence-corrected chi connectivity index (χ2v) is 3.15. The molecule has 0 unspecified atom stereocenters. The fourth-order valence-corrected chi connectivity index (χ4v) is 1.27. The molecule has 6 heteroatoms. The third kappa shape index (κ3) is 1.99. The normalized spacial score (nSPS) is 10.5. The molecule has 1 N–H and O–H groups in total. The molecule has 0 radical (unpaired) electrons. The lowest BCUT2D eigenvalue weighted by atomic mass is 10.2. The molecule has 2 rings (SSSR count). The Bertz CT molecular complexity index is 436. The van der Waals surface area contributed by atoms with Gasteiger partial charge in [0.15, 0.2) is 0 Å². The van der Waals surface area contributed by atoms with E-state index in [1.54, 1.807) is 12.5 Å². The summed E-state index contributed by atoms with van der Waals surface area (Å²) in [6.45, 7) is 2.72. The van der Waals surface area contributed by atoms with E-state index in [2.05, 4.69) is 25.4 Å². The molecule has 0 fully saturated rings. The molecule has 15 heavy (non-hydrogen) atoms. The first kappa shape index (κ1) is 9.72. The monoisotopic (exact) mass is 204 g/mol. The summed E-state index contributed by atoms with van der Waals surface area (Å²) in [7, 11) is 1.89. The molecule has 2 aromatic rings. The highest BCUT2D eigenvalue weighted by atomic mass is 15.4. The van der Waals surface area contributed by atoms with Gasteiger partial charge in [0, 0.05) is 24.0 Å². The number of nitrogens with one attached hydrogen (secondary N) is 1. The molecule has 0 aliphatic rings. The first-order chi connectivity index (χ1) is 7.31. The van der Waals surface area contributed by atoms with E-state index < -0.39 is 0 Å². The molecule has 78 valence electrons. The second-order valence-electron chi connectivity index (χ2n) is 3.15. The van der Waals surface area contributed by atoms with Gasteiger partial charge in [0.2, 0.25) is 0 Å². The van der Waals surface area contributed by atoms with Gasteiger partial charge < -0.3 is 5.32 Å². The van der Waals surface area contributed by atoms with Crippen LogP contribution in [-0.4, -0.2) is 31.8 Å². The zero-order valence-electron chi connectivity index (χ0n) is 8.68. The Hall–Kier alpha value is -1.82. The van der Waals surface area contributed by atoms with Crippen molar-refractivity contribution in [2.24, 2.45) is 0 Å². The van der Waals surface area contributed by atoms with Crippen molar-refractivity contribution in [3.05, 3.63) is 30.1 Å². The summed E-state index contributed by atoms with van der Waals surface area (Å²) in [5.41, 5.74) is 2.03. The Morgan fingerprint density at radius 3 is 2.93 bits per heavy atom. The average molecular weight is 204 g/mol. The van der Waals surface area contributed by atoms with Crippen LogP contribution in [-0.2, 0) is 6.54 Å². The third-order valence-electron chi connectivity index (χ3n) is 2.06. The SMILES string of the molecule is CNCc1cnc(-n2cncn2)nc1C. The molecule has 0 saturated heterocycles. The maximum absolute atomic E-state index is 4.34. The van der Waals surface area contributed by atoms with Crippen molar-refractivity contribution in [1.82, 2.24) is 30.0 Å². The Balaban J connectivity index is 2.33. The summed E-state index contributed by atoms with van der Waals surface area (Å²) in [4.78, 5) is 12.4. The topological polar surface area (TPSA) is 68.5 Å². The van der Waals surface area contributed by atoms with Gasteiger partial charge in [-0.1, -0.05) is 0 Å². The molecule has 0 aliphatic carbocycles. The minimum Gasteiger partial charge on any atom is -0.316 e. The zero-order chi connectivity index (χ0) is 10.7. The van der Waals surface area contributed by atoms with E-state index in [1.165, 1.54) is 11.0 Å². The van der Waals surface area contributed by atoms with Gasteiger partial charge in [0.1, 0.15) is 12.7 Å². The summed E-state index contributed by atoms with van der Waals surface area (Å²) in [5.74, 6) is 0.546. The second kappa shape index (κ2) is 4.14. The molecular weight excluding hydrogens is 192 g/mol. The molecule has 0 atom stereocenters. The van der Waals surface area contributed by atoms with E-state index >= 15 is 0 Å². The smallest absolute Gasteiger partial charge is 0.252 e. The average Bonchev–Trinajstić information content (AvgIpc) is 2.74. The Kier molecular flexibility index (Phi) is 2.68. The molecule has 0 aliphatic heterocycles. The van der Waals surface area contributed by atoms with Gasteiger partial charge >= 0.3 is 0 Å². The number of hydrogen-bond donors (Lipinski definition) is 1. The van der Waals surface area contributed by atoms with Gasteiger partial charge in [0.05, 0.1) is 0 Å². The number of aryl methyl sites for hydroxylation is 1. The van der Waals surface area contributed by atoms with Crippen LogP contribution in [0.15, 0.2) is 18.9 Å². The van der Waals surface area contributed by atoms with Gasteiger partial charge in [-0.15, -0.1) is 0 Å². The zero-order valence-corrected chi connectivity index (χ0v) is 8.68. The predicted molar refractivity (Wildman–Crippen MR) is 54.4 cm³/mol. The van der Waals surface area contributed by atoms with E-state index in [1.807, 2.05) is 14.0 Å². The van der Waals surface area contributed by atoms with Crippen molar-refractivity contribution in [3.8, 4) is 5.95 Å². The first-order valence-electron chi connectivity index (χ1n) is 4.63. The van der Waals surface area contributed by atoms with Crippen LogP contribution in [0.3, 0.4) is 0 Å². The molecule has 0 bridgehead atoms. The van der Waals surface area contributed by atoms with E-state index in [-0.39, 0.29) is 0 Å². The lowest BCUT2D eigenvalue weighted by Gasteiger charge is -2.05. The lowest BCUT2D eigenvalue weighted by Crippen LogP contribution is -2.10. The molecule has 2 aromatic heterocycles. The molecule has 0 spiro atoms. The summed E-state index contributed by atoms with van der Waals surface area (Å²) < 4.78 is 1.54. The predicted octanol–water partition coefficient (Wildman–Crippen LogP) is 0.0851. The first-order valence-corrected chi connectivity index (χ1v) is 4.63. The number of nitrogens with zero attached hydrogens (tertiary/aromatic N) is 5. The van der Waals surface area contributed by atoms with Crippen molar-refractivity contribution < 1.29 is 0 Å². The van der Waals surface area contributed by atoms with Crippen molar-refractivity contribution in [2.75, 3.05) is 7.05 Å². The maximum Gasteiger partial charge on any atom is 0.252 e. The highest BCUT2D eigenvalue weighted by Crippen LogP contribution is 2.05. The van der Waals surface area contributed by atoms with E-state index in [0.29, 0.717) is 5.95 Å². The van der Waals surface area contributed by atoms with Crippen molar-refractivity contribution in [1.29, 1.82) is 0 Å².